The molecule has 2 aromatic carbocycles. The molecule has 0 unspecified atom stereocenters. The van der Waals surface area contributed by atoms with Crippen molar-refractivity contribution in [2.75, 3.05) is 18.5 Å². The highest BCUT2D eigenvalue weighted by Crippen LogP contribution is 2.35. The van der Waals surface area contributed by atoms with Crippen LogP contribution in [0.4, 0.5) is 10.1 Å². The largest absolute Gasteiger partial charge is 0.371 e. The summed E-state index contributed by atoms with van der Waals surface area (Å²) in [6.07, 6.45) is -0.377. The number of benzene rings is 2. The van der Waals surface area contributed by atoms with Gasteiger partial charge < -0.3 is 20.1 Å². The van der Waals surface area contributed by atoms with Gasteiger partial charge in [0, 0.05) is 11.3 Å². The maximum Gasteiger partial charge on any atom is 0.182 e. The molecular formula is C20H19FN6O2S. The third-order valence-corrected chi connectivity index (χ3v) is 5.50. The fourth-order valence-electron chi connectivity index (χ4n) is 3.88. The molecular weight excluding hydrogens is 407 g/mol. The Morgan fingerprint density at radius 2 is 1.80 bits per heavy atom. The van der Waals surface area contributed by atoms with Crippen molar-refractivity contribution in [3.63, 3.8) is 0 Å². The van der Waals surface area contributed by atoms with Crippen LogP contribution >= 0.6 is 12.2 Å². The fraction of sp³-hybridized carbons (Fsp3) is 0.300. The summed E-state index contributed by atoms with van der Waals surface area (Å²) in [6, 6.07) is 15.5. The highest BCUT2D eigenvalue weighted by Gasteiger charge is 2.49. The summed E-state index contributed by atoms with van der Waals surface area (Å²) in [5, 5.41) is 18.9. The van der Waals surface area contributed by atoms with E-state index in [2.05, 4.69) is 26.2 Å². The van der Waals surface area contributed by atoms with Crippen LogP contribution in [-0.2, 0) is 9.47 Å². The Balaban J connectivity index is 1.26. The Bertz CT molecular complexity index is 1030. The molecule has 154 valence electrons. The molecule has 30 heavy (non-hydrogen) atoms. The molecule has 3 aromatic rings. The molecule has 3 heterocycles. The van der Waals surface area contributed by atoms with Gasteiger partial charge in [-0.15, -0.1) is 5.10 Å². The van der Waals surface area contributed by atoms with Crippen LogP contribution in [-0.4, -0.2) is 56.8 Å². The maximum absolute atomic E-state index is 13.1. The fourth-order valence-corrected chi connectivity index (χ4v) is 4.14. The molecule has 1 aromatic heterocycles. The molecule has 0 spiro atoms. The van der Waals surface area contributed by atoms with E-state index in [-0.39, 0.29) is 30.1 Å². The van der Waals surface area contributed by atoms with E-state index < -0.39 is 0 Å². The smallest absolute Gasteiger partial charge is 0.182 e. The minimum Gasteiger partial charge on any atom is -0.371 e. The molecule has 10 heteroatoms. The number of fused-ring (bicyclic) bond motifs is 1. The molecule has 2 saturated heterocycles. The predicted molar refractivity (Wildman–Crippen MR) is 111 cm³/mol. The molecule has 0 saturated carbocycles. The number of rotatable bonds is 4. The van der Waals surface area contributed by atoms with Gasteiger partial charge in [-0.05, 0) is 46.9 Å². The molecule has 2 aliphatic rings. The number of halogens is 1. The topological polar surface area (TPSA) is 86.1 Å². The number of tetrazole rings is 1. The first-order valence-corrected chi connectivity index (χ1v) is 9.99. The van der Waals surface area contributed by atoms with Crippen LogP contribution in [0.1, 0.15) is 6.04 Å². The number of nitrogens with one attached hydrogen (secondary N) is 2. The van der Waals surface area contributed by atoms with E-state index in [0.717, 1.165) is 5.56 Å². The quantitative estimate of drug-likeness (QED) is 0.614. The molecule has 0 amide bonds. The van der Waals surface area contributed by atoms with E-state index in [1.165, 1.54) is 12.1 Å². The maximum atomic E-state index is 13.1. The first-order valence-electron chi connectivity index (χ1n) is 9.58. The van der Waals surface area contributed by atoms with Crippen LogP contribution < -0.4 is 10.6 Å². The molecule has 2 N–H and O–H groups in total. The summed E-state index contributed by atoms with van der Waals surface area (Å²) in [4.78, 5) is 0. The van der Waals surface area contributed by atoms with Crippen molar-refractivity contribution in [1.29, 1.82) is 0 Å². The van der Waals surface area contributed by atoms with Gasteiger partial charge >= 0.3 is 0 Å². The van der Waals surface area contributed by atoms with Crippen LogP contribution in [0.2, 0.25) is 0 Å². The van der Waals surface area contributed by atoms with E-state index in [0.29, 0.717) is 29.8 Å². The van der Waals surface area contributed by atoms with Crippen molar-refractivity contribution in [1.82, 2.24) is 25.5 Å². The monoisotopic (exact) mass is 426 g/mol. The van der Waals surface area contributed by atoms with Crippen LogP contribution in [0.5, 0.6) is 0 Å². The van der Waals surface area contributed by atoms with E-state index in [1.54, 1.807) is 16.8 Å². The van der Waals surface area contributed by atoms with Crippen LogP contribution in [0.3, 0.4) is 0 Å². The normalized spacial score (nSPS) is 25.1. The minimum atomic E-state index is -0.297. The zero-order valence-electron chi connectivity index (χ0n) is 15.8. The first kappa shape index (κ1) is 19.0. The number of aromatic nitrogens is 4. The zero-order valence-corrected chi connectivity index (χ0v) is 16.6. The van der Waals surface area contributed by atoms with Crippen molar-refractivity contribution in [3.05, 3.63) is 60.4 Å². The van der Waals surface area contributed by atoms with Gasteiger partial charge in [-0.3, -0.25) is 0 Å². The average Bonchev–Trinajstić information content (AvgIpc) is 3.48. The van der Waals surface area contributed by atoms with Gasteiger partial charge in [0.05, 0.1) is 19.3 Å². The molecule has 0 aliphatic carbocycles. The summed E-state index contributed by atoms with van der Waals surface area (Å²) in [7, 11) is 0. The summed E-state index contributed by atoms with van der Waals surface area (Å²) in [5.74, 6) is 0.382. The van der Waals surface area contributed by atoms with Gasteiger partial charge in [-0.25, -0.2) is 9.07 Å². The van der Waals surface area contributed by atoms with E-state index in [1.807, 2.05) is 30.3 Å². The number of hydrogen-bond acceptors (Lipinski definition) is 6. The standard InChI is InChI=1S/C20H19FN6O2S/c21-13-6-8-14(9-7-13)22-20(30)23-15-10-28-18-16(11-29-17(15)18)27-19(24-25-26-27)12-4-2-1-3-5-12/h1-9,15-18H,10-11H2,(H2,22,23,30)/t15-,16+,17-,18+/m0/s1. The van der Waals surface area contributed by atoms with Gasteiger partial charge in [0.25, 0.3) is 0 Å². The molecule has 4 atom stereocenters. The van der Waals surface area contributed by atoms with E-state index in [4.69, 9.17) is 21.7 Å². The highest BCUT2D eigenvalue weighted by molar-refractivity contribution is 7.80. The summed E-state index contributed by atoms with van der Waals surface area (Å²) in [6.45, 7) is 0.885. The Morgan fingerprint density at radius 3 is 2.60 bits per heavy atom. The lowest BCUT2D eigenvalue weighted by Gasteiger charge is -2.20. The van der Waals surface area contributed by atoms with Gasteiger partial charge in [0.1, 0.15) is 24.1 Å². The number of ether oxygens (including phenoxy) is 2. The van der Waals surface area contributed by atoms with E-state index in [9.17, 15) is 4.39 Å². The Morgan fingerprint density at radius 1 is 1.03 bits per heavy atom. The number of hydrogen-bond donors (Lipinski definition) is 2. The molecule has 8 nitrogen and oxygen atoms in total. The van der Waals surface area contributed by atoms with Gasteiger partial charge in [0.15, 0.2) is 10.9 Å². The second-order valence-corrected chi connectivity index (χ2v) is 7.60. The number of thiocarbonyl (C=S) groups is 1. The molecule has 2 aliphatic heterocycles. The summed E-state index contributed by atoms with van der Waals surface area (Å²) < 4.78 is 26.9. The van der Waals surface area contributed by atoms with Crippen molar-refractivity contribution >= 4 is 23.0 Å². The Kier molecular flexibility index (Phi) is 5.11. The Hall–Kier alpha value is -2.95. The van der Waals surface area contributed by atoms with Crippen LogP contribution in [0.15, 0.2) is 54.6 Å². The minimum absolute atomic E-state index is 0.114. The first-order chi connectivity index (χ1) is 14.7. The highest BCUT2D eigenvalue weighted by atomic mass is 32.1. The van der Waals surface area contributed by atoms with Crippen molar-refractivity contribution < 1.29 is 13.9 Å². The van der Waals surface area contributed by atoms with Crippen LogP contribution in [0.25, 0.3) is 11.4 Å². The number of anilines is 1. The lowest BCUT2D eigenvalue weighted by Crippen LogP contribution is -2.45. The lowest BCUT2D eigenvalue weighted by molar-refractivity contribution is 0.0626. The molecule has 0 bridgehead atoms. The van der Waals surface area contributed by atoms with Crippen molar-refractivity contribution in [2.24, 2.45) is 0 Å². The van der Waals surface area contributed by atoms with Gasteiger partial charge in [-0.2, -0.15) is 0 Å². The zero-order chi connectivity index (χ0) is 20.5. The molecule has 2 fully saturated rings. The van der Waals surface area contributed by atoms with Crippen molar-refractivity contribution in [2.45, 2.75) is 24.3 Å². The Labute approximate surface area is 177 Å². The van der Waals surface area contributed by atoms with Crippen molar-refractivity contribution in [3.8, 4) is 11.4 Å². The molecule has 0 radical (unpaired) electrons. The third-order valence-electron chi connectivity index (χ3n) is 5.28. The lowest BCUT2D eigenvalue weighted by atomic mass is 10.1. The average molecular weight is 426 g/mol. The summed E-state index contributed by atoms with van der Waals surface area (Å²) in [5.41, 5.74) is 1.64. The second kappa shape index (κ2) is 8.05. The summed E-state index contributed by atoms with van der Waals surface area (Å²) >= 11 is 5.39. The van der Waals surface area contributed by atoms with Gasteiger partial charge in [-0.1, -0.05) is 30.3 Å². The van der Waals surface area contributed by atoms with E-state index >= 15 is 0 Å². The number of nitrogens with zero attached hydrogens (tertiary/aromatic N) is 4. The second-order valence-electron chi connectivity index (χ2n) is 7.19. The van der Waals surface area contributed by atoms with Crippen LogP contribution in [0, 0.1) is 5.82 Å². The SMILES string of the molecule is Fc1ccc(NC(=S)N[C@H]2CO[C@H]3[C@H]2OC[C@H]3n2nnnc2-c2ccccc2)cc1. The molecule has 5 rings (SSSR count). The predicted octanol–water partition coefficient (Wildman–Crippen LogP) is 2.17. The third kappa shape index (κ3) is 3.64. The van der Waals surface area contributed by atoms with Gasteiger partial charge in [0.2, 0.25) is 0 Å².